The van der Waals surface area contributed by atoms with Crippen molar-refractivity contribution in [2.75, 3.05) is 25.0 Å². The number of anilines is 1. The number of hydrogen-bond donors (Lipinski definition) is 2. The molecule has 4 rings (SSSR count). The number of nitriles is 1. The summed E-state index contributed by atoms with van der Waals surface area (Å²) in [7, 11) is 0. The molecule has 0 bridgehead atoms. The monoisotopic (exact) mass is 507 g/mol. The van der Waals surface area contributed by atoms with Crippen LogP contribution in [0.3, 0.4) is 0 Å². The number of carbonyl (C=O) groups is 2. The molecule has 194 valence electrons. The number of aromatic nitrogens is 1. The Balaban J connectivity index is 1.50. The molecule has 0 saturated heterocycles. The highest BCUT2D eigenvalue weighted by atomic mass is 16.2. The van der Waals surface area contributed by atoms with Gasteiger partial charge in [-0.2, -0.15) is 5.26 Å². The largest absolute Gasteiger partial charge is 0.361 e. The van der Waals surface area contributed by atoms with Crippen LogP contribution in [0.4, 0.5) is 10.5 Å². The number of urea groups is 1. The maximum Gasteiger partial charge on any atom is 0.322 e. The molecule has 0 unspecified atom stereocenters. The van der Waals surface area contributed by atoms with Crippen LogP contribution >= 0.6 is 0 Å². The first-order valence-corrected chi connectivity index (χ1v) is 13.0. The number of H-pyrrole nitrogens is 1. The van der Waals surface area contributed by atoms with Crippen molar-refractivity contribution >= 4 is 28.5 Å². The molecule has 0 aliphatic rings. The lowest BCUT2D eigenvalue weighted by Crippen LogP contribution is -2.45. The average Bonchev–Trinajstić information content (AvgIpc) is 3.36. The van der Waals surface area contributed by atoms with Crippen molar-refractivity contribution in [2.45, 2.75) is 32.7 Å². The standard InChI is InChI=1S/C31H33N5O2/c1-2-3-17-36(31(38)34-27-13-9-12-25(19-27)20-32)23-30(37)35(22-24-10-5-4-6-11-24)18-16-26-21-33-29-15-8-7-14-28(26)29/h4-15,19,21,33H,2-3,16-18,22-23H2,1H3,(H,34,38). The SMILES string of the molecule is CCCCN(CC(=O)N(CCc1c[nH]c2ccccc12)Cc1ccccc1)C(=O)Nc1cccc(C#N)c1. The van der Waals surface area contributed by atoms with Crippen molar-refractivity contribution in [3.05, 3.63) is 102 Å². The Morgan fingerprint density at radius 2 is 1.74 bits per heavy atom. The van der Waals surface area contributed by atoms with Crippen LogP contribution in [-0.2, 0) is 17.8 Å². The highest BCUT2D eigenvalue weighted by Gasteiger charge is 2.22. The minimum absolute atomic E-state index is 0.0233. The molecule has 3 aromatic carbocycles. The molecule has 0 aliphatic carbocycles. The van der Waals surface area contributed by atoms with Crippen LogP contribution in [-0.4, -0.2) is 46.4 Å². The van der Waals surface area contributed by atoms with E-state index in [0.29, 0.717) is 37.3 Å². The molecule has 0 radical (unpaired) electrons. The Hall–Kier alpha value is -4.57. The van der Waals surface area contributed by atoms with Gasteiger partial charge in [-0.25, -0.2) is 4.79 Å². The van der Waals surface area contributed by atoms with Crippen molar-refractivity contribution in [3.8, 4) is 6.07 Å². The number of fused-ring (bicyclic) bond motifs is 1. The number of benzene rings is 3. The number of para-hydroxylation sites is 1. The zero-order valence-electron chi connectivity index (χ0n) is 21.7. The minimum atomic E-state index is -0.349. The zero-order chi connectivity index (χ0) is 26.7. The van der Waals surface area contributed by atoms with Gasteiger partial charge >= 0.3 is 6.03 Å². The first-order chi connectivity index (χ1) is 18.6. The fraction of sp³-hybridized carbons (Fsp3) is 0.258. The van der Waals surface area contributed by atoms with Crippen molar-refractivity contribution in [2.24, 2.45) is 0 Å². The van der Waals surface area contributed by atoms with Gasteiger partial charge in [-0.3, -0.25) is 4.79 Å². The third-order valence-electron chi connectivity index (χ3n) is 6.53. The molecule has 1 heterocycles. The number of carbonyl (C=O) groups excluding carboxylic acids is 2. The molecule has 2 N–H and O–H groups in total. The minimum Gasteiger partial charge on any atom is -0.361 e. The lowest BCUT2D eigenvalue weighted by Gasteiger charge is -2.28. The maximum absolute atomic E-state index is 13.7. The first-order valence-electron chi connectivity index (χ1n) is 13.0. The second-order valence-corrected chi connectivity index (χ2v) is 9.31. The summed E-state index contributed by atoms with van der Waals surface area (Å²) < 4.78 is 0. The molecule has 38 heavy (non-hydrogen) atoms. The molecular formula is C31H33N5O2. The van der Waals surface area contributed by atoms with Crippen molar-refractivity contribution in [3.63, 3.8) is 0 Å². The quantitative estimate of drug-likeness (QED) is 0.263. The first kappa shape index (κ1) is 26.5. The van der Waals surface area contributed by atoms with Crippen molar-refractivity contribution in [1.82, 2.24) is 14.8 Å². The average molecular weight is 508 g/mol. The molecule has 0 aliphatic heterocycles. The predicted molar refractivity (Wildman–Crippen MR) is 151 cm³/mol. The number of aromatic amines is 1. The van der Waals surface area contributed by atoms with Crippen molar-refractivity contribution in [1.29, 1.82) is 5.26 Å². The maximum atomic E-state index is 13.7. The van der Waals surface area contributed by atoms with E-state index in [9.17, 15) is 14.9 Å². The van der Waals surface area contributed by atoms with E-state index in [0.717, 1.165) is 34.9 Å². The summed E-state index contributed by atoms with van der Waals surface area (Å²) in [6, 6.07) is 26.6. The third kappa shape index (κ3) is 7.01. The summed E-state index contributed by atoms with van der Waals surface area (Å²) in [5, 5.41) is 13.2. The molecule has 0 fully saturated rings. The van der Waals surface area contributed by atoms with Gasteiger partial charge in [0.15, 0.2) is 0 Å². The molecule has 7 nitrogen and oxygen atoms in total. The van der Waals surface area contributed by atoms with Crippen LogP contribution in [0.25, 0.3) is 10.9 Å². The van der Waals surface area contributed by atoms with Gasteiger partial charge in [0.05, 0.1) is 11.6 Å². The van der Waals surface area contributed by atoms with E-state index in [4.69, 9.17) is 0 Å². The van der Waals surface area contributed by atoms with Crippen molar-refractivity contribution < 1.29 is 9.59 Å². The highest BCUT2D eigenvalue weighted by molar-refractivity contribution is 5.92. The van der Waals surface area contributed by atoms with Gasteiger partial charge in [-0.1, -0.05) is 67.9 Å². The second-order valence-electron chi connectivity index (χ2n) is 9.31. The fourth-order valence-electron chi connectivity index (χ4n) is 4.42. The number of nitrogens with zero attached hydrogens (tertiary/aromatic N) is 3. The Labute approximate surface area is 223 Å². The zero-order valence-corrected chi connectivity index (χ0v) is 21.7. The van der Waals surface area contributed by atoms with Gasteiger partial charge in [0.25, 0.3) is 0 Å². The lowest BCUT2D eigenvalue weighted by atomic mass is 10.1. The number of hydrogen-bond acceptors (Lipinski definition) is 3. The van der Waals surface area contributed by atoms with E-state index >= 15 is 0 Å². The van der Waals surface area contributed by atoms with Gasteiger partial charge in [-0.15, -0.1) is 0 Å². The van der Waals surface area contributed by atoms with Crippen LogP contribution in [0, 0.1) is 11.3 Å². The molecule has 0 saturated carbocycles. The molecule has 1 aromatic heterocycles. The normalized spacial score (nSPS) is 10.6. The number of nitrogens with one attached hydrogen (secondary N) is 2. The van der Waals surface area contributed by atoms with E-state index in [1.807, 2.05) is 59.6 Å². The van der Waals surface area contributed by atoms with Gasteiger partial charge in [0.1, 0.15) is 6.54 Å². The number of amides is 3. The van der Waals surface area contributed by atoms with Gasteiger partial charge < -0.3 is 20.1 Å². The smallest absolute Gasteiger partial charge is 0.322 e. The molecular weight excluding hydrogens is 474 g/mol. The molecule has 3 amide bonds. The van der Waals surface area contributed by atoms with Crippen LogP contribution < -0.4 is 5.32 Å². The topological polar surface area (TPSA) is 92.2 Å². The third-order valence-corrected chi connectivity index (χ3v) is 6.53. The predicted octanol–water partition coefficient (Wildman–Crippen LogP) is 5.95. The Kier molecular flexibility index (Phi) is 9.14. The summed E-state index contributed by atoms with van der Waals surface area (Å²) in [5.74, 6) is -0.106. The van der Waals surface area contributed by atoms with Gasteiger partial charge in [0, 0.05) is 42.4 Å². The summed E-state index contributed by atoms with van der Waals surface area (Å²) >= 11 is 0. The molecule has 7 heteroatoms. The van der Waals surface area contributed by atoms with Crippen LogP contribution in [0.2, 0.25) is 0 Å². The molecule has 4 aromatic rings. The number of rotatable bonds is 11. The van der Waals surface area contributed by atoms with E-state index < -0.39 is 0 Å². The lowest BCUT2D eigenvalue weighted by molar-refractivity contribution is -0.132. The highest BCUT2D eigenvalue weighted by Crippen LogP contribution is 2.19. The fourth-order valence-corrected chi connectivity index (χ4v) is 4.42. The Morgan fingerprint density at radius 1 is 0.947 bits per heavy atom. The van der Waals surface area contributed by atoms with E-state index in [-0.39, 0.29) is 18.5 Å². The van der Waals surface area contributed by atoms with Gasteiger partial charge in [-0.05, 0) is 48.2 Å². The number of unbranched alkanes of at least 4 members (excludes halogenated alkanes) is 1. The van der Waals surface area contributed by atoms with E-state index in [2.05, 4.69) is 29.4 Å². The summed E-state index contributed by atoms with van der Waals surface area (Å²) in [4.78, 5) is 33.5. The summed E-state index contributed by atoms with van der Waals surface area (Å²) in [6.45, 7) is 3.49. The van der Waals surface area contributed by atoms with Gasteiger partial charge in [0.2, 0.25) is 5.91 Å². The second kappa shape index (κ2) is 13.1. The van der Waals surface area contributed by atoms with E-state index in [1.54, 1.807) is 29.2 Å². The van der Waals surface area contributed by atoms with Crippen LogP contribution in [0.1, 0.15) is 36.5 Å². The Morgan fingerprint density at radius 3 is 2.53 bits per heavy atom. The Bertz CT molecular complexity index is 1410. The molecule has 0 atom stereocenters. The summed E-state index contributed by atoms with van der Waals surface area (Å²) in [6.07, 6.45) is 4.39. The summed E-state index contributed by atoms with van der Waals surface area (Å²) in [5.41, 5.74) is 4.27. The van der Waals surface area contributed by atoms with E-state index in [1.165, 1.54) is 0 Å². The van der Waals surface area contributed by atoms with Crippen LogP contribution in [0.15, 0.2) is 85.1 Å². The molecule has 0 spiro atoms. The van der Waals surface area contributed by atoms with Crippen LogP contribution in [0.5, 0.6) is 0 Å².